The number of hydrogen-bond acceptors (Lipinski definition) is 1. The van der Waals surface area contributed by atoms with Crippen LogP contribution in [0.25, 0.3) is 0 Å². The number of benzene rings is 1. The van der Waals surface area contributed by atoms with Crippen LogP contribution in [0.1, 0.15) is 18.4 Å². The van der Waals surface area contributed by atoms with Gasteiger partial charge in [0.25, 0.3) is 0 Å². The van der Waals surface area contributed by atoms with Crippen molar-refractivity contribution in [3.8, 4) is 18.1 Å². The summed E-state index contributed by atoms with van der Waals surface area (Å²) in [5.74, 6) is 3.36. The quantitative estimate of drug-likeness (QED) is 0.658. The van der Waals surface area contributed by atoms with Gasteiger partial charge in [-0.25, -0.2) is 0 Å². The van der Waals surface area contributed by atoms with Crippen molar-refractivity contribution in [3.63, 3.8) is 0 Å². The van der Waals surface area contributed by atoms with Crippen molar-refractivity contribution in [1.82, 2.24) is 0 Å². The fourth-order valence-corrected chi connectivity index (χ4v) is 1.53. The Bertz CT molecular complexity index is 338. The van der Waals surface area contributed by atoms with Gasteiger partial charge in [0.1, 0.15) is 5.75 Å². The number of terminal acetylenes is 1. The molecular weight excluding hydrogens is 184 g/mol. The Hall–Kier alpha value is -1.13. The van der Waals surface area contributed by atoms with E-state index in [1.54, 1.807) is 7.11 Å². The molecule has 0 bridgehead atoms. The van der Waals surface area contributed by atoms with E-state index < -0.39 is 0 Å². The van der Waals surface area contributed by atoms with Gasteiger partial charge >= 0.3 is 0 Å². The normalized spacial score (nSPS) is 11.8. The Morgan fingerprint density at radius 2 is 2.23 bits per heavy atom. The van der Waals surface area contributed by atoms with E-state index in [9.17, 15) is 0 Å². The molecule has 0 spiro atoms. The molecule has 2 heteroatoms. The van der Waals surface area contributed by atoms with Gasteiger partial charge in [-0.15, -0.1) is 6.42 Å². The zero-order valence-corrected chi connectivity index (χ0v) is 8.43. The molecule has 0 aliphatic heterocycles. The van der Waals surface area contributed by atoms with Gasteiger partial charge in [0.2, 0.25) is 0 Å². The minimum absolute atomic E-state index is 0.0244. The van der Waals surface area contributed by atoms with Gasteiger partial charge in [-0.05, 0) is 19.1 Å². The van der Waals surface area contributed by atoms with Crippen molar-refractivity contribution in [2.45, 2.75) is 12.8 Å². The standard InChI is InChI=1S/C11H11ClO/c1-4-8(2)11-9(12)6-5-7-10(11)13-3/h1,5-8H,2-3H3. The lowest BCUT2D eigenvalue weighted by molar-refractivity contribution is 0.409. The maximum atomic E-state index is 6.01. The van der Waals surface area contributed by atoms with E-state index in [2.05, 4.69) is 5.92 Å². The zero-order chi connectivity index (χ0) is 9.84. The predicted octanol–water partition coefficient (Wildman–Crippen LogP) is 3.09. The van der Waals surface area contributed by atoms with E-state index in [1.807, 2.05) is 25.1 Å². The number of ether oxygens (including phenoxy) is 1. The third-order valence-electron chi connectivity index (χ3n) is 1.92. The van der Waals surface area contributed by atoms with Crippen LogP contribution in [0.3, 0.4) is 0 Å². The van der Waals surface area contributed by atoms with Crippen LogP contribution in [-0.2, 0) is 0 Å². The second-order valence-corrected chi connectivity index (χ2v) is 3.15. The van der Waals surface area contributed by atoms with Crippen LogP contribution in [0.15, 0.2) is 18.2 Å². The first kappa shape index (κ1) is 9.95. The molecule has 0 amide bonds. The summed E-state index contributed by atoms with van der Waals surface area (Å²) in [6, 6.07) is 5.51. The summed E-state index contributed by atoms with van der Waals surface area (Å²) in [5, 5.41) is 0.657. The Morgan fingerprint density at radius 3 is 2.77 bits per heavy atom. The fourth-order valence-electron chi connectivity index (χ4n) is 1.20. The topological polar surface area (TPSA) is 9.23 Å². The van der Waals surface area contributed by atoms with E-state index in [1.165, 1.54) is 0 Å². The molecule has 1 rings (SSSR count). The summed E-state index contributed by atoms with van der Waals surface area (Å²) >= 11 is 6.01. The highest BCUT2D eigenvalue weighted by atomic mass is 35.5. The molecule has 1 nitrogen and oxygen atoms in total. The smallest absolute Gasteiger partial charge is 0.124 e. The molecule has 13 heavy (non-hydrogen) atoms. The van der Waals surface area contributed by atoms with E-state index in [-0.39, 0.29) is 5.92 Å². The molecule has 0 saturated carbocycles. The highest BCUT2D eigenvalue weighted by molar-refractivity contribution is 6.31. The summed E-state index contributed by atoms with van der Waals surface area (Å²) in [7, 11) is 1.61. The molecule has 0 aromatic heterocycles. The Labute approximate surface area is 83.7 Å². The van der Waals surface area contributed by atoms with Gasteiger partial charge in [-0.3, -0.25) is 0 Å². The van der Waals surface area contributed by atoms with Crippen molar-refractivity contribution in [2.75, 3.05) is 7.11 Å². The van der Waals surface area contributed by atoms with Crippen molar-refractivity contribution in [2.24, 2.45) is 0 Å². The summed E-state index contributed by atoms with van der Waals surface area (Å²) in [6.07, 6.45) is 5.33. The molecule has 1 atom stereocenters. The van der Waals surface area contributed by atoms with Crippen molar-refractivity contribution < 1.29 is 4.74 Å². The fraction of sp³-hybridized carbons (Fsp3) is 0.273. The second kappa shape index (κ2) is 4.20. The average Bonchev–Trinajstić information content (AvgIpc) is 2.16. The first-order chi connectivity index (χ1) is 6.20. The number of methoxy groups -OCH3 is 1. The Balaban J connectivity index is 3.24. The predicted molar refractivity (Wildman–Crippen MR) is 55.3 cm³/mol. The molecule has 0 N–H and O–H groups in total. The van der Waals surface area contributed by atoms with E-state index in [0.29, 0.717) is 5.02 Å². The number of halogens is 1. The molecule has 1 unspecified atom stereocenters. The van der Waals surface area contributed by atoms with Crippen LogP contribution in [0.4, 0.5) is 0 Å². The maximum Gasteiger partial charge on any atom is 0.124 e. The van der Waals surface area contributed by atoms with Crippen LogP contribution in [-0.4, -0.2) is 7.11 Å². The molecule has 1 aromatic rings. The molecule has 1 aromatic carbocycles. The molecule has 0 aliphatic rings. The van der Waals surface area contributed by atoms with Gasteiger partial charge in [0, 0.05) is 16.5 Å². The Kier molecular flexibility index (Phi) is 3.22. The molecular formula is C11H11ClO. The molecule has 0 aliphatic carbocycles. The molecule has 0 radical (unpaired) electrons. The van der Waals surface area contributed by atoms with Gasteiger partial charge in [-0.1, -0.05) is 23.6 Å². The monoisotopic (exact) mass is 194 g/mol. The first-order valence-electron chi connectivity index (χ1n) is 3.99. The lowest BCUT2D eigenvalue weighted by Gasteiger charge is -2.12. The maximum absolute atomic E-state index is 6.01. The summed E-state index contributed by atoms with van der Waals surface area (Å²) in [4.78, 5) is 0. The number of rotatable bonds is 2. The van der Waals surface area contributed by atoms with Crippen LogP contribution in [0.5, 0.6) is 5.75 Å². The number of hydrogen-bond donors (Lipinski definition) is 0. The van der Waals surface area contributed by atoms with Gasteiger partial charge in [0.05, 0.1) is 7.11 Å². The summed E-state index contributed by atoms with van der Waals surface area (Å²) < 4.78 is 5.17. The second-order valence-electron chi connectivity index (χ2n) is 2.74. The average molecular weight is 195 g/mol. The summed E-state index contributed by atoms with van der Waals surface area (Å²) in [6.45, 7) is 1.92. The van der Waals surface area contributed by atoms with Crippen LogP contribution in [0, 0.1) is 12.3 Å². The summed E-state index contributed by atoms with van der Waals surface area (Å²) in [5.41, 5.74) is 0.883. The molecule has 0 saturated heterocycles. The highest BCUT2D eigenvalue weighted by Crippen LogP contribution is 2.32. The van der Waals surface area contributed by atoms with Crippen molar-refractivity contribution >= 4 is 11.6 Å². The molecule has 0 fully saturated rings. The van der Waals surface area contributed by atoms with Gasteiger partial charge < -0.3 is 4.74 Å². The molecule has 0 heterocycles. The highest BCUT2D eigenvalue weighted by Gasteiger charge is 2.12. The van der Waals surface area contributed by atoms with Crippen LogP contribution < -0.4 is 4.74 Å². The van der Waals surface area contributed by atoms with Gasteiger partial charge in [-0.2, -0.15) is 0 Å². The zero-order valence-electron chi connectivity index (χ0n) is 7.67. The third-order valence-corrected chi connectivity index (χ3v) is 2.25. The lowest BCUT2D eigenvalue weighted by Crippen LogP contribution is -1.96. The largest absolute Gasteiger partial charge is 0.496 e. The van der Waals surface area contributed by atoms with Crippen LogP contribution >= 0.6 is 11.6 Å². The van der Waals surface area contributed by atoms with E-state index in [0.717, 1.165) is 11.3 Å². The minimum atomic E-state index is -0.0244. The van der Waals surface area contributed by atoms with Crippen molar-refractivity contribution in [3.05, 3.63) is 28.8 Å². The Morgan fingerprint density at radius 1 is 1.54 bits per heavy atom. The first-order valence-corrected chi connectivity index (χ1v) is 4.37. The van der Waals surface area contributed by atoms with Crippen molar-refractivity contribution in [1.29, 1.82) is 0 Å². The van der Waals surface area contributed by atoms with Crippen LogP contribution in [0.2, 0.25) is 5.02 Å². The SMILES string of the molecule is C#CC(C)c1c(Cl)cccc1OC. The third kappa shape index (κ3) is 1.96. The lowest BCUT2D eigenvalue weighted by atomic mass is 10.0. The molecule has 68 valence electrons. The van der Waals surface area contributed by atoms with Gasteiger partial charge in [0.15, 0.2) is 0 Å². The van der Waals surface area contributed by atoms with E-state index >= 15 is 0 Å². The van der Waals surface area contributed by atoms with E-state index in [4.69, 9.17) is 22.8 Å². The minimum Gasteiger partial charge on any atom is -0.496 e.